The van der Waals surface area contributed by atoms with E-state index in [1.165, 1.54) is 19.3 Å². The lowest BCUT2D eigenvalue weighted by atomic mass is 9.91. The van der Waals surface area contributed by atoms with E-state index in [0.29, 0.717) is 11.1 Å². The van der Waals surface area contributed by atoms with E-state index in [4.69, 9.17) is 11.6 Å². The van der Waals surface area contributed by atoms with E-state index in [0.717, 1.165) is 18.4 Å². The smallest absolute Gasteiger partial charge is 0.129 e. The SMILES string of the molecule is CCCCC(CC)CC(O)c1ccc(Cl)nc1. The lowest BCUT2D eigenvalue weighted by Gasteiger charge is -2.18. The molecule has 1 N–H and O–H groups in total. The van der Waals surface area contributed by atoms with Crippen molar-refractivity contribution in [3.8, 4) is 0 Å². The van der Waals surface area contributed by atoms with Crippen LogP contribution in [-0.4, -0.2) is 10.1 Å². The summed E-state index contributed by atoms with van der Waals surface area (Å²) < 4.78 is 0. The molecule has 0 fully saturated rings. The van der Waals surface area contributed by atoms with Crippen LogP contribution in [-0.2, 0) is 0 Å². The Hall–Kier alpha value is -0.600. The second kappa shape index (κ2) is 7.67. The van der Waals surface area contributed by atoms with Crippen LogP contribution in [0.5, 0.6) is 0 Å². The largest absolute Gasteiger partial charge is 0.388 e. The second-order valence-electron chi connectivity index (χ2n) is 4.58. The van der Waals surface area contributed by atoms with Gasteiger partial charge in [0.25, 0.3) is 0 Å². The average molecular weight is 256 g/mol. The number of pyridine rings is 1. The third-order valence-corrected chi connectivity index (χ3v) is 3.46. The Kier molecular flexibility index (Phi) is 6.53. The highest BCUT2D eigenvalue weighted by molar-refractivity contribution is 6.29. The Labute approximate surface area is 109 Å². The van der Waals surface area contributed by atoms with E-state index >= 15 is 0 Å². The molecule has 96 valence electrons. The maximum absolute atomic E-state index is 10.1. The van der Waals surface area contributed by atoms with Crippen molar-refractivity contribution in [1.82, 2.24) is 4.98 Å². The summed E-state index contributed by atoms with van der Waals surface area (Å²) >= 11 is 5.73. The normalized spacial score (nSPS) is 14.6. The monoisotopic (exact) mass is 255 g/mol. The van der Waals surface area contributed by atoms with Gasteiger partial charge in [-0.05, 0) is 24.0 Å². The van der Waals surface area contributed by atoms with Crippen molar-refractivity contribution in [3.05, 3.63) is 29.0 Å². The molecule has 2 unspecified atom stereocenters. The molecule has 0 aliphatic rings. The van der Waals surface area contributed by atoms with Gasteiger partial charge >= 0.3 is 0 Å². The average Bonchev–Trinajstić information content (AvgIpc) is 2.35. The van der Waals surface area contributed by atoms with Crippen molar-refractivity contribution in [2.75, 3.05) is 0 Å². The van der Waals surface area contributed by atoms with Gasteiger partial charge < -0.3 is 5.11 Å². The fourth-order valence-electron chi connectivity index (χ4n) is 2.02. The van der Waals surface area contributed by atoms with Gasteiger partial charge in [0.1, 0.15) is 5.15 Å². The zero-order valence-corrected chi connectivity index (χ0v) is 11.5. The Morgan fingerprint density at radius 1 is 1.35 bits per heavy atom. The third-order valence-electron chi connectivity index (χ3n) is 3.23. The molecule has 0 aliphatic heterocycles. The van der Waals surface area contributed by atoms with E-state index in [1.807, 2.05) is 6.07 Å². The van der Waals surface area contributed by atoms with Crippen LogP contribution < -0.4 is 0 Å². The van der Waals surface area contributed by atoms with E-state index in [2.05, 4.69) is 18.8 Å². The molecule has 0 aromatic carbocycles. The molecule has 0 bridgehead atoms. The molecule has 3 heteroatoms. The van der Waals surface area contributed by atoms with Crippen LogP contribution in [0.25, 0.3) is 0 Å². The second-order valence-corrected chi connectivity index (χ2v) is 4.97. The van der Waals surface area contributed by atoms with Crippen LogP contribution in [0.4, 0.5) is 0 Å². The van der Waals surface area contributed by atoms with Gasteiger partial charge in [-0.1, -0.05) is 57.2 Å². The molecule has 17 heavy (non-hydrogen) atoms. The molecule has 0 aliphatic carbocycles. The molecule has 1 aromatic heterocycles. The molecule has 2 atom stereocenters. The first-order chi connectivity index (χ1) is 8.17. The highest BCUT2D eigenvalue weighted by Gasteiger charge is 2.14. The molecule has 0 saturated carbocycles. The summed E-state index contributed by atoms with van der Waals surface area (Å²) in [5.74, 6) is 0.598. The third kappa shape index (κ3) is 5.05. The number of hydrogen-bond acceptors (Lipinski definition) is 2. The molecule has 1 rings (SSSR count). The molecular formula is C14H22ClNO. The first-order valence-electron chi connectivity index (χ1n) is 6.46. The van der Waals surface area contributed by atoms with Crippen molar-refractivity contribution in [3.63, 3.8) is 0 Å². The van der Waals surface area contributed by atoms with E-state index < -0.39 is 6.10 Å². The fourth-order valence-corrected chi connectivity index (χ4v) is 2.13. The molecule has 0 spiro atoms. The summed E-state index contributed by atoms with van der Waals surface area (Å²) in [6.07, 6.45) is 6.85. The summed E-state index contributed by atoms with van der Waals surface area (Å²) in [6.45, 7) is 4.39. The Morgan fingerprint density at radius 3 is 2.65 bits per heavy atom. The molecular weight excluding hydrogens is 234 g/mol. The Balaban J connectivity index is 2.51. The van der Waals surface area contributed by atoms with Crippen LogP contribution in [0.1, 0.15) is 57.6 Å². The number of unbranched alkanes of at least 4 members (excludes halogenated alkanes) is 1. The first kappa shape index (κ1) is 14.5. The van der Waals surface area contributed by atoms with Crippen molar-refractivity contribution in [2.45, 2.75) is 52.1 Å². The number of rotatable bonds is 7. The number of aliphatic hydroxyl groups is 1. The molecule has 1 aromatic rings. The van der Waals surface area contributed by atoms with Gasteiger partial charge in [0.05, 0.1) is 6.10 Å². The number of hydrogen-bond donors (Lipinski definition) is 1. The molecule has 0 saturated heterocycles. The van der Waals surface area contributed by atoms with Crippen LogP contribution in [0.15, 0.2) is 18.3 Å². The lowest BCUT2D eigenvalue weighted by molar-refractivity contribution is 0.138. The maximum atomic E-state index is 10.1. The van der Waals surface area contributed by atoms with Crippen LogP contribution in [0.2, 0.25) is 5.15 Å². The molecule has 0 radical (unpaired) electrons. The van der Waals surface area contributed by atoms with E-state index in [-0.39, 0.29) is 0 Å². The Bertz CT molecular complexity index is 313. The van der Waals surface area contributed by atoms with Crippen LogP contribution in [0.3, 0.4) is 0 Å². The highest BCUT2D eigenvalue weighted by atomic mass is 35.5. The van der Waals surface area contributed by atoms with Crippen molar-refractivity contribution in [1.29, 1.82) is 0 Å². The van der Waals surface area contributed by atoms with Gasteiger partial charge in [-0.15, -0.1) is 0 Å². The minimum atomic E-state index is -0.415. The van der Waals surface area contributed by atoms with Gasteiger partial charge in [-0.3, -0.25) is 0 Å². The minimum absolute atomic E-state index is 0.415. The summed E-state index contributed by atoms with van der Waals surface area (Å²) in [7, 11) is 0. The molecule has 0 amide bonds. The summed E-state index contributed by atoms with van der Waals surface area (Å²) in [4.78, 5) is 4.00. The van der Waals surface area contributed by atoms with Crippen molar-refractivity contribution in [2.24, 2.45) is 5.92 Å². The summed E-state index contributed by atoms with van der Waals surface area (Å²) in [5, 5.41) is 10.6. The fraction of sp³-hybridized carbons (Fsp3) is 0.643. The number of nitrogens with zero attached hydrogens (tertiary/aromatic N) is 1. The predicted octanol–water partition coefficient (Wildman–Crippen LogP) is 4.37. The lowest BCUT2D eigenvalue weighted by Crippen LogP contribution is -2.07. The molecule has 1 heterocycles. The van der Waals surface area contributed by atoms with Crippen LogP contribution in [0, 0.1) is 5.92 Å². The van der Waals surface area contributed by atoms with Gasteiger partial charge in [-0.25, -0.2) is 4.98 Å². The van der Waals surface area contributed by atoms with E-state index in [1.54, 1.807) is 12.3 Å². The van der Waals surface area contributed by atoms with E-state index in [9.17, 15) is 5.11 Å². The quantitative estimate of drug-likeness (QED) is 0.734. The zero-order valence-electron chi connectivity index (χ0n) is 10.7. The zero-order chi connectivity index (χ0) is 12.7. The highest BCUT2D eigenvalue weighted by Crippen LogP contribution is 2.26. The topological polar surface area (TPSA) is 33.1 Å². The maximum Gasteiger partial charge on any atom is 0.129 e. The molecule has 2 nitrogen and oxygen atoms in total. The Morgan fingerprint density at radius 2 is 2.12 bits per heavy atom. The number of halogens is 1. The summed E-state index contributed by atoms with van der Waals surface area (Å²) in [6, 6.07) is 3.58. The van der Waals surface area contributed by atoms with Gasteiger partial charge in [0.2, 0.25) is 0 Å². The minimum Gasteiger partial charge on any atom is -0.388 e. The van der Waals surface area contributed by atoms with Gasteiger partial charge in [0.15, 0.2) is 0 Å². The standard InChI is InChI=1S/C14H22ClNO/c1-3-5-6-11(4-2)9-13(17)12-7-8-14(15)16-10-12/h7-8,10-11,13,17H,3-6,9H2,1-2H3. The van der Waals surface area contributed by atoms with Crippen LogP contribution >= 0.6 is 11.6 Å². The van der Waals surface area contributed by atoms with Gasteiger partial charge in [-0.2, -0.15) is 0 Å². The first-order valence-corrected chi connectivity index (χ1v) is 6.84. The number of aliphatic hydroxyl groups excluding tert-OH is 1. The van der Waals surface area contributed by atoms with Gasteiger partial charge in [0, 0.05) is 6.20 Å². The number of aromatic nitrogens is 1. The predicted molar refractivity (Wildman–Crippen MR) is 72.1 cm³/mol. The van der Waals surface area contributed by atoms with Crippen molar-refractivity contribution < 1.29 is 5.11 Å². The van der Waals surface area contributed by atoms with Crippen molar-refractivity contribution >= 4 is 11.6 Å². The summed E-state index contributed by atoms with van der Waals surface area (Å²) in [5.41, 5.74) is 0.865.